The first kappa shape index (κ1) is 12.2. The SMILES string of the molecule is S=c1[nH]c(-c2ccccc2)nc2sc3c(c12)CCCC3. The minimum Gasteiger partial charge on any atom is -0.330 e. The summed E-state index contributed by atoms with van der Waals surface area (Å²) in [4.78, 5) is 10.7. The fourth-order valence-corrected chi connectivity index (χ4v) is 4.55. The van der Waals surface area contributed by atoms with Crippen molar-refractivity contribution in [1.82, 2.24) is 9.97 Å². The van der Waals surface area contributed by atoms with E-state index < -0.39 is 0 Å². The normalized spacial score (nSPS) is 14.4. The van der Waals surface area contributed by atoms with Crippen LogP contribution in [0.4, 0.5) is 0 Å². The Morgan fingerprint density at radius 2 is 1.90 bits per heavy atom. The van der Waals surface area contributed by atoms with Crippen LogP contribution in [0, 0.1) is 4.64 Å². The highest BCUT2D eigenvalue weighted by Gasteiger charge is 2.18. The molecule has 0 saturated carbocycles. The van der Waals surface area contributed by atoms with Crippen molar-refractivity contribution in [3.8, 4) is 11.4 Å². The van der Waals surface area contributed by atoms with E-state index in [2.05, 4.69) is 17.1 Å². The molecule has 0 atom stereocenters. The topological polar surface area (TPSA) is 28.7 Å². The highest BCUT2D eigenvalue weighted by atomic mass is 32.1. The molecule has 100 valence electrons. The molecule has 20 heavy (non-hydrogen) atoms. The number of rotatable bonds is 1. The Hall–Kier alpha value is -1.52. The number of aryl methyl sites for hydroxylation is 2. The third kappa shape index (κ3) is 1.91. The molecule has 2 nitrogen and oxygen atoms in total. The molecule has 4 rings (SSSR count). The maximum atomic E-state index is 5.59. The van der Waals surface area contributed by atoms with Crippen LogP contribution in [0.5, 0.6) is 0 Å². The van der Waals surface area contributed by atoms with Gasteiger partial charge in [0.1, 0.15) is 15.3 Å². The summed E-state index contributed by atoms with van der Waals surface area (Å²) in [5.74, 6) is 0.877. The molecule has 0 spiro atoms. The van der Waals surface area contributed by atoms with Gasteiger partial charge in [0.05, 0.1) is 0 Å². The van der Waals surface area contributed by atoms with Crippen LogP contribution in [0.25, 0.3) is 21.6 Å². The number of aromatic amines is 1. The maximum absolute atomic E-state index is 5.59. The second-order valence-corrected chi connectivity index (χ2v) is 6.66. The average molecular weight is 298 g/mol. The van der Waals surface area contributed by atoms with Crippen molar-refractivity contribution in [2.24, 2.45) is 0 Å². The number of hydrogen-bond acceptors (Lipinski definition) is 3. The summed E-state index contributed by atoms with van der Waals surface area (Å²) in [5, 5.41) is 1.19. The summed E-state index contributed by atoms with van der Waals surface area (Å²) in [6, 6.07) is 10.2. The fourth-order valence-electron chi connectivity index (χ4n) is 2.90. The lowest BCUT2D eigenvalue weighted by atomic mass is 9.97. The van der Waals surface area contributed by atoms with Crippen molar-refractivity contribution < 1.29 is 0 Å². The third-order valence-electron chi connectivity index (χ3n) is 3.87. The van der Waals surface area contributed by atoms with Crippen molar-refractivity contribution in [2.75, 3.05) is 0 Å². The average Bonchev–Trinajstić information content (AvgIpc) is 2.87. The molecule has 1 aromatic carbocycles. The van der Waals surface area contributed by atoms with Crippen molar-refractivity contribution >= 4 is 33.8 Å². The second kappa shape index (κ2) is 4.79. The Labute approximate surface area is 126 Å². The van der Waals surface area contributed by atoms with E-state index in [0.717, 1.165) is 27.3 Å². The molecule has 2 heterocycles. The number of nitrogens with one attached hydrogen (secondary N) is 1. The Balaban J connectivity index is 1.97. The number of nitrogens with zero attached hydrogens (tertiary/aromatic N) is 1. The van der Waals surface area contributed by atoms with E-state index in [1.807, 2.05) is 29.5 Å². The first-order chi connectivity index (χ1) is 9.83. The van der Waals surface area contributed by atoms with Crippen LogP contribution >= 0.6 is 23.6 Å². The lowest BCUT2D eigenvalue weighted by Crippen LogP contribution is -1.98. The monoisotopic (exact) mass is 298 g/mol. The molecule has 1 N–H and O–H groups in total. The molecular weight excluding hydrogens is 284 g/mol. The zero-order valence-corrected chi connectivity index (χ0v) is 12.6. The molecule has 1 aliphatic rings. The van der Waals surface area contributed by atoms with Crippen LogP contribution in [0.1, 0.15) is 23.3 Å². The number of H-pyrrole nitrogens is 1. The predicted octanol–water partition coefficient (Wildman–Crippen LogP) is 4.90. The van der Waals surface area contributed by atoms with Gasteiger partial charge < -0.3 is 4.98 Å². The van der Waals surface area contributed by atoms with Crippen molar-refractivity contribution in [2.45, 2.75) is 25.7 Å². The molecule has 0 fully saturated rings. The largest absolute Gasteiger partial charge is 0.330 e. The summed E-state index contributed by atoms with van der Waals surface area (Å²) >= 11 is 7.42. The number of benzene rings is 1. The molecule has 1 aliphatic carbocycles. The van der Waals surface area contributed by atoms with Crippen LogP contribution in [0.3, 0.4) is 0 Å². The standard InChI is InChI=1S/C16H14N2S2/c19-15-13-11-8-4-5-9-12(11)20-16(13)18-14(17-15)10-6-2-1-3-7-10/h1-3,6-7H,4-5,8-9H2,(H,17,18,19). The minimum atomic E-state index is 0.841. The number of aromatic nitrogens is 2. The van der Waals surface area contributed by atoms with E-state index in [0.29, 0.717) is 0 Å². The number of thiophene rings is 1. The van der Waals surface area contributed by atoms with E-state index in [9.17, 15) is 0 Å². The quantitative estimate of drug-likeness (QED) is 0.647. The highest BCUT2D eigenvalue weighted by molar-refractivity contribution is 7.71. The smallest absolute Gasteiger partial charge is 0.140 e. The van der Waals surface area contributed by atoms with Gasteiger partial charge >= 0.3 is 0 Å². The molecule has 0 aliphatic heterocycles. The Kier molecular flexibility index (Phi) is 2.93. The zero-order chi connectivity index (χ0) is 13.5. The van der Waals surface area contributed by atoms with Crippen molar-refractivity contribution in [1.29, 1.82) is 0 Å². The van der Waals surface area contributed by atoms with Gasteiger partial charge in [0, 0.05) is 15.8 Å². The van der Waals surface area contributed by atoms with Crippen LogP contribution in [0.2, 0.25) is 0 Å². The molecular formula is C16H14N2S2. The van der Waals surface area contributed by atoms with E-state index in [1.165, 1.54) is 35.1 Å². The summed E-state index contributed by atoms with van der Waals surface area (Å²) in [6.45, 7) is 0. The lowest BCUT2D eigenvalue weighted by molar-refractivity contribution is 0.700. The summed E-state index contributed by atoms with van der Waals surface area (Å²) in [7, 11) is 0. The summed E-state index contributed by atoms with van der Waals surface area (Å²) < 4.78 is 0.841. The number of fused-ring (bicyclic) bond motifs is 3. The second-order valence-electron chi connectivity index (χ2n) is 5.17. The van der Waals surface area contributed by atoms with Gasteiger partial charge in [-0.2, -0.15) is 0 Å². The molecule has 0 saturated heterocycles. The molecule has 3 aromatic rings. The van der Waals surface area contributed by atoms with Gasteiger partial charge in [-0.1, -0.05) is 42.5 Å². The molecule has 4 heteroatoms. The van der Waals surface area contributed by atoms with Gasteiger partial charge in [0.25, 0.3) is 0 Å². The van der Waals surface area contributed by atoms with Crippen LogP contribution in [0.15, 0.2) is 30.3 Å². The summed E-state index contributed by atoms with van der Waals surface area (Å²) in [6.07, 6.45) is 4.90. The van der Waals surface area contributed by atoms with Gasteiger partial charge in [-0.15, -0.1) is 11.3 Å². The van der Waals surface area contributed by atoms with E-state index in [-0.39, 0.29) is 0 Å². The number of hydrogen-bond donors (Lipinski definition) is 1. The van der Waals surface area contributed by atoms with Gasteiger partial charge in [0.2, 0.25) is 0 Å². The third-order valence-corrected chi connectivity index (χ3v) is 5.36. The Morgan fingerprint density at radius 1 is 1.10 bits per heavy atom. The van der Waals surface area contributed by atoms with Gasteiger partial charge in [-0.3, -0.25) is 0 Å². The molecule has 0 amide bonds. The lowest BCUT2D eigenvalue weighted by Gasteiger charge is -2.10. The molecule has 0 bridgehead atoms. The van der Waals surface area contributed by atoms with Crippen LogP contribution in [-0.4, -0.2) is 9.97 Å². The van der Waals surface area contributed by atoms with Crippen molar-refractivity contribution in [3.63, 3.8) is 0 Å². The predicted molar refractivity (Wildman–Crippen MR) is 86.9 cm³/mol. The van der Waals surface area contributed by atoms with Gasteiger partial charge in [-0.25, -0.2) is 4.98 Å². The highest BCUT2D eigenvalue weighted by Crippen LogP contribution is 2.36. The minimum absolute atomic E-state index is 0.841. The maximum Gasteiger partial charge on any atom is 0.140 e. The molecule has 2 aromatic heterocycles. The zero-order valence-electron chi connectivity index (χ0n) is 11.0. The Bertz CT molecular complexity index is 831. The van der Waals surface area contributed by atoms with Crippen LogP contribution in [-0.2, 0) is 12.8 Å². The van der Waals surface area contributed by atoms with Crippen LogP contribution < -0.4 is 0 Å². The molecule has 0 radical (unpaired) electrons. The first-order valence-electron chi connectivity index (χ1n) is 6.93. The van der Waals surface area contributed by atoms with Crippen molar-refractivity contribution in [3.05, 3.63) is 45.4 Å². The van der Waals surface area contributed by atoms with E-state index in [1.54, 1.807) is 0 Å². The molecule has 0 unspecified atom stereocenters. The summed E-state index contributed by atoms with van der Waals surface area (Å²) in [5.41, 5.74) is 2.54. The fraction of sp³-hybridized carbons (Fsp3) is 0.250. The first-order valence-corrected chi connectivity index (χ1v) is 8.15. The van der Waals surface area contributed by atoms with Gasteiger partial charge in [-0.05, 0) is 31.2 Å². The van der Waals surface area contributed by atoms with Gasteiger partial charge in [0.15, 0.2) is 0 Å². The van der Waals surface area contributed by atoms with E-state index in [4.69, 9.17) is 17.2 Å². The Morgan fingerprint density at radius 3 is 2.75 bits per heavy atom. The van der Waals surface area contributed by atoms with E-state index >= 15 is 0 Å².